The number of halogens is 4. The Bertz CT molecular complexity index is 1680. The molecule has 258 valence electrons. The lowest BCUT2D eigenvalue weighted by Gasteiger charge is -2.36. The molecule has 9 nitrogen and oxygen atoms in total. The highest BCUT2D eigenvalue weighted by Crippen LogP contribution is 2.28. The first kappa shape index (κ1) is 35.3. The van der Waals surface area contributed by atoms with Gasteiger partial charge in [0.25, 0.3) is 5.91 Å². The molecule has 0 radical (unpaired) electrons. The number of aromatic nitrogens is 1. The van der Waals surface area contributed by atoms with Gasteiger partial charge in [0.1, 0.15) is 17.6 Å². The van der Waals surface area contributed by atoms with E-state index in [0.717, 1.165) is 11.3 Å². The zero-order chi connectivity index (χ0) is 34.6. The van der Waals surface area contributed by atoms with Crippen molar-refractivity contribution in [1.29, 1.82) is 0 Å². The molecule has 0 saturated carbocycles. The molecule has 2 aliphatic heterocycles. The molecule has 0 spiro atoms. The lowest BCUT2D eigenvalue weighted by molar-refractivity contribution is -0.274. The average Bonchev–Trinajstić information content (AvgIpc) is 3.06. The highest BCUT2D eigenvalue weighted by Gasteiger charge is 2.33. The maximum absolute atomic E-state index is 15.1. The number of benzene rings is 2. The zero-order valence-corrected chi connectivity index (χ0v) is 27.5. The third kappa shape index (κ3) is 8.70. The highest BCUT2D eigenvalue weighted by molar-refractivity contribution is 7.92. The summed E-state index contributed by atoms with van der Waals surface area (Å²) < 4.78 is 81.0. The molecule has 1 aromatic heterocycles. The van der Waals surface area contributed by atoms with E-state index < -0.39 is 33.5 Å². The SMILES string of the molecule is CC(C)S(=O)(=O)c1ccc(N2CCN(C(=O)c3ccc(C(=O)CC4CCN(Cc5ccc(OC(F)(F)F)cc5)C[C@H]4F)cn3)CC2)cc1. The van der Waals surface area contributed by atoms with Crippen LogP contribution in [0.1, 0.15) is 53.1 Å². The Labute approximate surface area is 277 Å². The summed E-state index contributed by atoms with van der Waals surface area (Å²) in [5, 5.41) is -0.508. The van der Waals surface area contributed by atoms with Crippen molar-refractivity contribution in [2.45, 2.75) is 55.9 Å². The minimum atomic E-state index is -4.77. The minimum Gasteiger partial charge on any atom is -0.406 e. The number of piperazine rings is 1. The predicted molar refractivity (Wildman–Crippen MR) is 171 cm³/mol. The lowest BCUT2D eigenvalue weighted by Crippen LogP contribution is -2.49. The molecule has 1 amide bonds. The number of ketones is 1. The number of carbonyl (C=O) groups is 2. The quantitative estimate of drug-likeness (QED) is 0.202. The van der Waals surface area contributed by atoms with Crippen LogP contribution in [0.4, 0.5) is 23.2 Å². The van der Waals surface area contributed by atoms with Crippen LogP contribution in [0.15, 0.2) is 71.8 Å². The molecule has 2 fully saturated rings. The van der Waals surface area contributed by atoms with Crippen molar-refractivity contribution in [1.82, 2.24) is 14.8 Å². The smallest absolute Gasteiger partial charge is 0.406 e. The molecule has 0 aliphatic carbocycles. The van der Waals surface area contributed by atoms with Crippen LogP contribution in [0, 0.1) is 5.92 Å². The van der Waals surface area contributed by atoms with E-state index >= 15 is 4.39 Å². The van der Waals surface area contributed by atoms with E-state index in [9.17, 15) is 31.2 Å². The van der Waals surface area contributed by atoms with Gasteiger partial charge in [0.15, 0.2) is 15.6 Å². The number of pyridine rings is 1. The first-order valence-electron chi connectivity index (χ1n) is 15.8. The number of alkyl halides is 4. The number of likely N-dealkylation sites (tertiary alicyclic amines) is 1. The number of hydrogen-bond acceptors (Lipinski definition) is 8. The monoisotopic (exact) mass is 690 g/mol. The molecule has 5 rings (SSSR count). The molecule has 3 aromatic rings. The number of hydrogen-bond donors (Lipinski definition) is 0. The number of nitrogens with zero attached hydrogens (tertiary/aromatic N) is 4. The zero-order valence-electron chi connectivity index (χ0n) is 26.7. The van der Waals surface area contributed by atoms with E-state index in [4.69, 9.17) is 0 Å². The van der Waals surface area contributed by atoms with Crippen molar-refractivity contribution in [3.8, 4) is 5.75 Å². The molecule has 14 heteroatoms. The van der Waals surface area contributed by atoms with Crippen molar-refractivity contribution in [3.63, 3.8) is 0 Å². The molecule has 2 aliphatic rings. The highest BCUT2D eigenvalue weighted by atomic mass is 32.2. The second kappa shape index (κ2) is 14.6. The van der Waals surface area contributed by atoms with Gasteiger partial charge in [-0.15, -0.1) is 13.2 Å². The summed E-state index contributed by atoms with van der Waals surface area (Å²) in [5.41, 5.74) is 2.10. The van der Waals surface area contributed by atoms with Gasteiger partial charge in [-0.3, -0.25) is 19.5 Å². The summed E-state index contributed by atoms with van der Waals surface area (Å²) in [6.45, 7) is 6.29. The van der Waals surface area contributed by atoms with Crippen LogP contribution < -0.4 is 9.64 Å². The molecular formula is C34H38F4N4O5S. The van der Waals surface area contributed by atoms with Crippen molar-refractivity contribution in [2.24, 2.45) is 5.92 Å². The van der Waals surface area contributed by atoms with Crippen molar-refractivity contribution < 1.29 is 40.3 Å². The normalized spacial score (nSPS) is 19.4. The molecule has 0 N–H and O–H groups in total. The van der Waals surface area contributed by atoms with Crippen LogP contribution in [0.3, 0.4) is 0 Å². The standard InChI is InChI=1S/C34H38F4N4O5S/c1-23(2)48(45,46)29-10-6-27(7-11-29)41-15-17-42(18-16-41)33(44)31-12-5-26(20-39-31)32(43)19-25-13-14-40(22-30(25)35)21-24-3-8-28(9-4-24)47-34(36,37)38/h3-12,20,23,25,30H,13-19,21-22H2,1-2H3/t25?,30-/m1/s1. The first-order chi connectivity index (χ1) is 22.7. The summed E-state index contributed by atoms with van der Waals surface area (Å²) in [6, 6.07) is 15.3. The average molecular weight is 691 g/mol. The Morgan fingerprint density at radius 3 is 2.17 bits per heavy atom. The van der Waals surface area contributed by atoms with E-state index in [0.29, 0.717) is 51.3 Å². The number of Topliss-reactive ketones (excluding diaryl/α,β-unsaturated/α-hetero) is 1. The fourth-order valence-corrected chi connectivity index (χ4v) is 6.99. The summed E-state index contributed by atoms with van der Waals surface area (Å²) in [6.07, 6.45) is -4.23. The number of rotatable bonds is 10. The third-order valence-corrected chi connectivity index (χ3v) is 11.0. The van der Waals surface area contributed by atoms with Crippen LogP contribution in [0.5, 0.6) is 5.75 Å². The molecular weight excluding hydrogens is 652 g/mol. The molecule has 0 bridgehead atoms. The number of anilines is 1. The Kier molecular flexibility index (Phi) is 10.7. The molecule has 1 unspecified atom stereocenters. The second-order valence-corrected chi connectivity index (χ2v) is 14.9. The summed E-state index contributed by atoms with van der Waals surface area (Å²) >= 11 is 0. The number of sulfone groups is 1. The van der Waals surface area contributed by atoms with E-state index in [1.165, 1.54) is 36.5 Å². The van der Waals surface area contributed by atoms with Crippen molar-refractivity contribution >= 4 is 27.2 Å². The van der Waals surface area contributed by atoms with E-state index in [1.807, 2.05) is 4.90 Å². The minimum absolute atomic E-state index is 0.000201. The topological polar surface area (TPSA) is 100 Å². The van der Waals surface area contributed by atoms with Crippen LogP contribution >= 0.6 is 0 Å². The van der Waals surface area contributed by atoms with Crippen LogP contribution in [0.2, 0.25) is 0 Å². The van der Waals surface area contributed by atoms with Gasteiger partial charge in [-0.25, -0.2) is 12.8 Å². The fraction of sp³-hybridized carbons (Fsp3) is 0.441. The van der Waals surface area contributed by atoms with E-state index in [-0.39, 0.29) is 41.0 Å². The van der Waals surface area contributed by atoms with Crippen LogP contribution in [-0.2, 0) is 16.4 Å². The van der Waals surface area contributed by atoms with Gasteiger partial charge < -0.3 is 14.5 Å². The molecule has 2 saturated heterocycles. The van der Waals surface area contributed by atoms with Gasteiger partial charge in [0.05, 0.1) is 10.1 Å². The Balaban J connectivity index is 1.08. The largest absolute Gasteiger partial charge is 0.573 e. The molecule has 2 atom stereocenters. The lowest BCUT2D eigenvalue weighted by atomic mass is 9.88. The number of ether oxygens (including phenoxy) is 1. The van der Waals surface area contributed by atoms with Crippen LogP contribution in [-0.4, -0.2) is 91.9 Å². The Morgan fingerprint density at radius 1 is 0.938 bits per heavy atom. The van der Waals surface area contributed by atoms with Gasteiger partial charge in [0, 0.05) is 63.1 Å². The Hall–Kier alpha value is -4.04. The maximum atomic E-state index is 15.1. The second-order valence-electron chi connectivity index (χ2n) is 12.4. The number of amides is 1. The third-order valence-electron chi connectivity index (χ3n) is 8.79. The Morgan fingerprint density at radius 2 is 1.60 bits per heavy atom. The number of carbonyl (C=O) groups excluding carboxylic acids is 2. The summed E-state index contributed by atoms with van der Waals surface area (Å²) in [5.74, 6) is -1.32. The summed E-state index contributed by atoms with van der Waals surface area (Å²) in [4.78, 5) is 36.3. The first-order valence-corrected chi connectivity index (χ1v) is 17.3. The molecule has 2 aromatic carbocycles. The van der Waals surface area contributed by atoms with E-state index in [2.05, 4.69) is 14.6 Å². The van der Waals surface area contributed by atoms with Gasteiger partial charge >= 0.3 is 6.36 Å². The molecule has 48 heavy (non-hydrogen) atoms. The van der Waals surface area contributed by atoms with Crippen LogP contribution in [0.25, 0.3) is 0 Å². The maximum Gasteiger partial charge on any atom is 0.573 e. The van der Waals surface area contributed by atoms with E-state index in [1.54, 1.807) is 49.1 Å². The van der Waals surface area contributed by atoms with Gasteiger partial charge in [-0.1, -0.05) is 12.1 Å². The fourth-order valence-electron chi connectivity index (χ4n) is 5.93. The van der Waals surface area contributed by atoms with Crippen molar-refractivity contribution in [2.75, 3.05) is 44.2 Å². The number of piperidine rings is 1. The predicted octanol–water partition coefficient (Wildman–Crippen LogP) is 5.56. The van der Waals surface area contributed by atoms with Crippen molar-refractivity contribution in [3.05, 3.63) is 83.7 Å². The summed E-state index contributed by atoms with van der Waals surface area (Å²) in [7, 11) is -3.35. The van der Waals surface area contributed by atoms with Gasteiger partial charge in [-0.2, -0.15) is 0 Å². The van der Waals surface area contributed by atoms with Gasteiger partial charge in [-0.05, 0) is 86.8 Å². The van der Waals surface area contributed by atoms with Gasteiger partial charge in [0.2, 0.25) is 0 Å². The molecule has 3 heterocycles.